The van der Waals surface area contributed by atoms with Gasteiger partial charge in [-0.2, -0.15) is 13.2 Å². The van der Waals surface area contributed by atoms with Gasteiger partial charge in [0.05, 0.1) is 16.8 Å². The predicted octanol–water partition coefficient (Wildman–Crippen LogP) is 6.08. The molecule has 0 unspecified atom stereocenters. The number of para-hydroxylation sites is 1. The van der Waals surface area contributed by atoms with Crippen molar-refractivity contribution in [2.45, 2.75) is 63.3 Å². The molecule has 2 N–H and O–H groups in total. The molecule has 1 atom stereocenters. The first-order valence-corrected chi connectivity index (χ1v) is 12.2. The molecule has 5 nitrogen and oxygen atoms in total. The summed E-state index contributed by atoms with van der Waals surface area (Å²) in [4.78, 5) is 25.9. The zero-order valence-corrected chi connectivity index (χ0v) is 19.5. The molecular weight excluding hydrogens is 457 g/mol. The highest BCUT2D eigenvalue weighted by Crippen LogP contribution is 2.55. The number of carbonyl (C=O) groups is 2. The van der Waals surface area contributed by atoms with E-state index >= 15 is 0 Å². The Hall–Kier alpha value is -3.03. The van der Waals surface area contributed by atoms with Crippen LogP contribution >= 0.6 is 0 Å². The Kier molecular flexibility index (Phi) is 6.01. The highest BCUT2D eigenvalue weighted by atomic mass is 19.4. The molecule has 4 aliphatic rings. The summed E-state index contributed by atoms with van der Waals surface area (Å²) in [5.74, 6) is 1.01. The summed E-state index contributed by atoms with van der Waals surface area (Å²) >= 11 is 0. The van der Waals surface area contributed by atoms with Gasteiger partial charge in [-0.1, -0.05) is 18.2 Å². The van der Waals surface area contributed by atoms with Crippen LogP contribution in [-0.4, -0.2) is 23.5 Å². The highest BCUT2D eigenvalue weighted by Gasteiger charge is 2.51. The molecule has 4 fully saturated rings. The molecule has 0 aliphatic heterocycles. The van der Waals surface area contributed by atoms with E-state index in [0.29, 0.717) is 23.4 Å². The Morgan fingerprint density at radius 3 is 2.23 bits per heavy atom. The lowest BCUT2D eigenvalue weighted by Crippen LogP contribution is -2.61. The van der Waals surface area contributed by atoms with E-state index in [1.54, 1.807) is 25.1 Å². The van der Waals surface area contributed by atoms with Gasteiger partial charge < -0.3 is 15.4 Å². The number of carbonyl (C=O) groups excluding carboxylic acids is 2. The molecule has 4 aliphatic carbocycles. The maximum atomic E-state index is 13.1. The first-order chi connectivity index (χ1) is 16.6. The van der Waals surface area contributed by atoms with E-state index in [4.69, 9.17) is 4.74 Å². The first-order valence-electron chi connectivity index (χ1n) is 12.2. The number of hydrogen-bond donors (Lipinski definition) is 2. The van der Waals surface area contributed by atoms with Crippen molar-refractivity contribution >= 4 is 23.3 Å². The summed E-state index contributed by atoms with van der Waals surface area (Å²) in [5.41, 5.74) is -0.356. The van der Waals surface area contributed by atoms with Crippen molar-refractivity contribution in [1.82, 2.24) is 5.32 Å². The number of hydrogen-bond acceptors (Lipinski definition) is 4. The van der Waals surface area contributed by atoms with Crippen LogP contribution in [0.5, 0.6) is 0 Å². The topological polar surface area (TPSA) is 67.4 Å². The van der Waals surface area contributed by atoms with E-state index in [2.05, 4.69) is 10.6 Å². The molecule has 8 heteroatoms. The zero-order valence-electron chi connectivity index (χ0n) is 19.5. The van der Waals surface area contributed by atoms with Gasteiger partial charge in [0.2, 0.25) is 0 Å². The maximum Gasteiger partial charge on any atom is 0.416 e. The minimum absolute atomic E-state index is 0.138. The minimum Gasteiger partial charge on any atom is -0.449 e. The average Bonchev–Trinajstić information content (AvgIpc) is 2.77. The molecule has 4 saturated carbocycles. The fraction of sp³-hybridized carbons (Fsp3) is 0.481. The van der Waals surface area contributed by atoms with Crippen molar-refractivity contribution in [1.29, 1.82) is 0 Å². The molecule has 35 heavy (non-hydrogen) atoms. The van der Waals surface area contributed by atoms with Gasteiger partial charge in [0.25, 0.3) is 5.91 Å². The Labute approximate surface area is 202 Å². The maximum absolute atomic E-state index is 13.1. The lowest BCUT2D eigenvalue weighted by Gasteiger charge is -2.57. The summed E-state index contributed by atoms with van der Waals surface area (Å²) in [7, 11) is 0. The number of amides is 1. The number of esters is 1. The van der Waals surface area contributed by atoms with E-state index in [-0.39, 0.29) is 22.7 Å². The van der Waals surface area contributed by atoms with E-state index in [1.807, 2.05) is 0 Å². The smallest absolute Gasteiger partial charge is 0.416 e. The number of anilines is 2. The normalized spacial score (nSPS) is 27.8. The van der Waals surface area contributed by atoms with Crippen LogP contribution in [0.3, 0.4) is 0 Å². The zero-order chi connectivity index (χ0) is 24.8. The van der Waals surface area contributed by atoms with Crippen molar-refractivity contribution in [3.63, 3.8) is 0 Å². The second kappa shape index (κ2) is 8.88. The summed E-state index contributed by atoms with van der Waals surface area (Å²) in [6.07, 6.45) is 1.30. The van der Waals surface area contributed by atoms with E-state index in [9.17, 15) is 22.8 Å². The molecule has 0 aromatic heterocycles. The highest BCUT2D eigenvalue weighted by molar-refractivity contribution is 5.98. The van der Waals surface area contributed by atoms with Crippen LogP contribution < -0.4 is 10.6 Å². The fourth-order valence-electron chi connectivity index (χ4n) is 6.60. The number of halogens is 3. The number of benzene rings is 2. The third kappa shape index (κ3) is 5.02. The standard InChI is InChI=1S/C27H29F3N2O3/c1-16(24(33)32-26-13-17-9-18(14-26)11-19(10-17)15-26)35-25(34)22-7-2-3-8-23(22)31-21-6-4-5-20(12-21)27(28,29)30/h2-8,12,16-19,31H,9-11,13-15H2,1H3,(H,32,33)/t16-,17?,18?,19?,26?/m1/s1. The second-order valence-electron chi connectivity index (χ2n) is 10.5. The second-order valence-corrected chi connectivity index (χ2v) is 10.5. The van der Waals surface area contributed by atoms with Crippen molar-refractivity contribution < 1.29 is 27.5 Å². The number of alkyl halides is 3. The Bertz CT molecular complexity index is 1100. The van der Waals surface area contributed by atoms with Gasteiger partial charge in [-0.05, 0) is 93.5 Å². The molecule has 186 valence electrons. The quantitative estimate of drug-likeness (QED) is 0.486. The molecule has 0 spiro atoms. The van der Waals surface area contributed by atoms with Gasteiger partial charge in [-0.3, -0.25) is 4.79 Å². The summed E-state index contributed by atoms with van der Waals surface area (Å²) in [5, 5.41) is 6.09. The molecule has 0 heterocycles. The molecule has 2 aromatic carbocycles. The van der Waals surface area contributed by atoms with E-state index in [0.717, 1.165) is 31.4 Å². The lowest BCUT2D eigenvalue weighted by molar-refractivity contribution is -0.137. The van der Waals surface area contributed by atoms with Crippen LogP contribution in [-0.2, 0) is 15.7 Å². The van der Waals surface area contributed by atoms with Crippen LogP contribution in [0.25, 0.3) is 0 Å². The minimum atomic E-state index is -4.48. The van der Waals surface area contributed by atoms with Gasteiger partial charge in [-0.15, -0.1) is 0 Å². The summed E-state index contributed by atoms with van der Waals surface area (Å²) in [6.45, 7) is 1.55. The molecular formula is C27H29F3N2O3. The molecule has 0 saturated heterocycles. The summed E-state index contributed by atoms with van der Waals surface area (Å²) in [6, 6.07) is 11.1. The largest absolute Gasteiger partial charge is 0.449 e. The van der Waals surface area contributed by atoms with Gasteiger partial charge in [0.1, 0.15) is 0 Å². The Balaban J connectivity index is 1.25. The number of ether oxygens (including phenoxy) is 1. The number of nitrogens with one attached hydrogen (secondary N) is 2. The molecule has 6 rings (SSSR count). The fourth-order valence-corrected chi connectivity index (χ4v) is 6.60. The first kappa shape index (κ1) is 23.7. The molecule has 4 bridgehead atoms. The van der Waals surface area contributed by atoms with Crippen LogP contribution in [0.15, 0.2) is 48.5 Å². The van der Waals surface area contributed by atoms with Crippen molar-refractivity contribution in [3.05, 3.63) is 59.7 Å². The van der Waals surface area contributed by atoms with E-state index in [1.165, 1.54) is 37.5 Å². The van der Waals surface area contributed by atoms with Gasteiger partial charge in [0.15, 0.2) is 6.10 Å². The summed E-state index contributed by atoms with van der Waals surface area (Å²) < 4.78 is 44.7. The van der Waals surface area contributed by atoms with Crippen LogP contribution in [0, 0.1) is 17.8 Å². The van der Waals surface area contributed by atoms with Gasteiger partial charge in [0, 0.05) is 11.2 Å². The third-order valence-corrected chi connectivity index (χ3v) is 7.70. The van der Waals surface area contributed by atoms with Crippen LogP contribution in [0.2, 0.25) is 0 Å². The van der Waals surface area contributed by atoms with Gasteiger partial charge in [-0.25, -0.2) is 4.79 Å². The lowest BCUT2D eigenvalue weighted by atomic mass is 9.53. The predicted molar refractivity (Wildman–Crippen MR) is 125 cm³/mol. The van der Waals surface area contributed by atoms with Crippen molar-refractivity contribution in [2.24, 2.45) is 17.8 Å². The average molecular weight is 487 g/mol. The monoisotopic (exact) mass is 486 g/mol. The molecule has 1 amide bonds. The van der Waals surface area contributed by atoms with Crippen molar-refractivity contribution in [3.8, 4) is 0 Å². The SMILES string of the molecule is C[C@@H](OC(=O)c1ccccc1Nc1cccc(C(F)(F)F)c1)C(=O)NC12CC3CC(CC(C3)C1)C2. The van der Waals surface area contributed by atoms with Crippen molar-refractivity contribution in [2.75, 3.05) is 5.32 Å². The van der Waals surface area contributed by atoms with Crippen LogP contribution in [0.1, 0.15) is 61.4 Å². The number of rotatable bonds is 6. The molecule has 2 aromatic rings. The third-order valence-electron chi connectivity index (χ3n) is 7.70. The Morgan fingerprint density at radius 2 is 1.60 bits per heavy atom. The van der Waals surface area contributed by atoms with E-state index < -0.39 is 23.8 Å². The van der Waals surface area contributed by atoms with Gasteiger partial charge >= 0.3 is 12.1 Å². The molecule has 0 radical (unpaired) electrons. The van der Waals surface area contributed by atoms with Crippen LogP contribution in [0.4, 0.5) is 24.5 Å². The Morgan fingerprint density at radius 1 is 0.971 bits per heavy atom.